The van der Waals surface area contributed by atoms with Crippen molar-refractivity contribution in [3.05, 3.63) is 0 Å². The highest BCUT2D eigenvalue weighted by Gasteiger charge is 2.29. The molecule has 1 rings (SSSR count). The van der Waals surface area contributed by atoms with Gasteiger partial charge in [0.2, 0.25) is 0 Å². The Hall–Kier alpha value is -0.610. The molecule has 4 nitrogen and oxygen atoms in total. The van der Waals surface area contributed by atoms with Gasteiger partial charge in [0, 0.05) is 13.1 Å². The fourth-order valence-electron chi connectivity index (χ4n) is 2.66. The van der Waals surface area contributed by atoms with Crippen LogP contribution in [-0.2, 0) is 4.79 Å². The van der Waals surface area contributed by atoms with Crippen LogP contribution in [0.4, 0.5) is 0 Å². The van der Waals surface area contributed by atoms with Gasteiger partial charge in [-0.3, -0.25) is 4.79 Å². The van der Waals surface area contributed by atoms with Crippen LogP contribution in [0.15, 0.2) is 0 Å². The zero-order valence-electron chi connectivity index (χ0n) is 11.1. The fourth-order valence-corrected chi connectivity index (χ4v) is 2.66. The zero-order chi connectivity index (χ0) is 12.7. The molecule has 1 aliphatic carbocycles. The molecule has 1 saturated carbocycles. The minimum atomic E-state index is -0.684. The van der Waals surface area contributed by atoms with E-state index in [1.165, 1.54) is 12.8 Å². The Morgan fingerprint density at radius 3 is 2.41 bits per heavy atom. The van der Waals surface area contributed by atoms with Crippen LogP contribution in [-0.4, -0.2) is 48.2 Å². The van der Waals surface area contributed by atoms with Crippen molar-refractivity contribution in [1.82, 2.24) is 10.2 Å². The molecule has 100 valence electrons. The quantitative estimate of drug-likeness (QED) is 0.678. The molecule has 4 heteroatoms. The molecule has 1 atom stereocenters. The van der Waals surface area contributed by atoms with Gasteiger partial charge in [-0.05, 0) is 31.8 Å². The molecule has 0 saturated heterocycles. The van der Waals surface area contributed by atoms with Gasteiger partial charge in [0.1, 0.15) is 6.04 Å². The first-order chi connectivity index (χ1) is 8.19. The zero-order valence-corrected chi connectivity index (χ0v) is 11.1. The lowest BCUT2D eigenvalue weighted by atomic mass is 9.98. The first kappa shape index (κ1) is 14.5. The van der Waals surface area contributed by atoms with Gasteiger partial charge in [-0.2, -0.15) is 0 Å². The smallest absolute Gasteiger partial charge is 0.320 e. The van der Waals surface area contributed by atoms with Gasteiger partial charge in [0.25, 0.3) is 0 Å². The summed E-state index contributed by atoms with van der Waals surface area (Å²) >= 11 is 0. The van der Waals surface area contributed by atoms with Crippen LogP contribution in [0, 0.1) is 5.92 Å². The number of carbonyl (C=O) groups is 1. The molecule has 2 N–H and O–H groups in total. The Balaban J connectivity index is 2.31. The van der Waals surface area contributed by atoms with Crippen LogP contribution < -0.4 is 5.32 Å². The van der Waals surface area contributed by atoms with E-state index in [0.717, 1.165) is 39.0 Å². The molecule has 0 aliphatic heterocycles. The predicted molar refractivity (Wildman–Crippen MR) is 69.2 cm³/mol. The summed E-state index contributed by atoms with van der Waals surface area (Å²) in [5.41, 5.74) is 0. The number of carboxylic acids is 1. The van der Waals surface area contributed by atoms with Gasteiger partial charge in [-0.1, -0.05) is 26.7 Å². The first-order valence-electron chi connectivity index (χ1n) is 6.87. The highest BCUT2D eigenvalue weighted by atomic mass is 16.4. The van der Waals surface area contributed by atoms with Gasteiger partial charge >= 0.3 is 5.97 Å². The number of rotatable bonds is 8. The second-order valence-electron chi connectivity index (χ2n) is 4.84. The van der Waals surface area contributed by atoms with Gasteiger partial charge in [0.05, 0.1) is 0 Å². The average Bonchev–Trinajstić information content (AvgIpc) is 2.82. The lowest BCUT2D eigenvalue weighted by Gasteiger charge is -2.23. The van der Waals surface area contributed by atoms with Crippen molar-refractivity contribution in [2.45, 2.75) is 45.6 Å². The van der Waals surface area contributed by atoms with Gasteiger partial charge in [0.15, 0.2) is 0 Å². The van der Waals surface area contributed by atoms with Crippen LogP contribution in [0.2, 0.25) is 0 Å². The van der Waals surface area contributed by atoms with E-state index < -0.39 is 5.97 Å². The van der Waals surface area contributed by atoms with Crippen molar-refractivity contribution in [3.63, 3.8) is 0 Å². The van der Waals surface area contributed by atoms with Crippen LogP contribution in [0.1, 0.15) is 39.5 Å². The monoisotopic (exact) mass is 242 g/mol. The lowest BCUT2D eigenvalue weighted by Crippen LogP contribution is -2.45. The summed E-state index contributed by atoms with van der Waals surface area (Å²) in [7, 11) is 0. The number of nitrogens with one attached hydrogen (secondary N) is 1. The Bertz CT molecular complexity index is 223. The SMILES string of the molecule is CCN(CC)CCNC(C(=O)O)C1CCCC1. The summed E-state index contributed by atoms with van der Waals surface area (Å²) < 4.78 is 0. The minimum Gasteiger partial charge on any atom is -0.480 e. The molecule has 0 amide bonds. The summed E-state index contributed by atoms with van der Waals surface area (Å²) in [5.74, 6) is -0.347. The summed E-state index contributed by atoms with van der Waals surface area (Å²) in [6.45, 7) is 8.03. The maximum Gasteiger partial charge on any atom is 0.320 e. The second kappa shape index (κ2) is 7.67. The summed E-state index contributed by atoms with van der Waals surface area (Å²) in [6, 6.07) is -0.340. The van der Waals surface area contributed by atoms with Crippen LogP contribution in [0.3, 0.4) is 0 Å². The van der Waals surface area contributed by atoms with Gasteiger partial charge in [-0.15, -0.1) is 0 Å². The molecule has 0 aromatic carbocycles. The predicted octanol–water partition coefficient (Wildman–Crippen LogP) is 1.56. The largest absolute Gasteiger partial charge is 0.480 e. The third-order valence-electron chi connectivity index (χ3n) is 3.82. The van der Waals surface area contributed by atoms with E-state index in [9.17, 15) is 9.90 Å². The highest BCUT2D eigenvalue weighted by Crippen LogP contribution is 2.27. The fraction of sp³-hybridized carbons (Fsp3) is 0.923. The normalized spacial score (nSPS) is 18.8. The van der Waals surface area contributed by atoms with Crippen molar-refractivity contribution < 1.29 is 9.90 Å². The van der Waals surface area contributed by atoms with E-state index in [2.05, 4.69) is 24.1 Å². The number of hydrogen-bond donors (Lipinski definition) is 2. The molecule has 1 unspecified atom stereocenters. The molecule has 0 radical (unpaired) electrons. The maximum absolute atomic E-state index is 11.2. The van der Waals surface area contributed by atoms with Crippen molar-refractivity contribution in [1.29, 1.82) is 0 Å². The summed E-state index contributed by atoms with van der Waals surface area (Å²) in [4.78, 5) is 13.5. The third-order valence-corrected chi connectivity index (χ3v) is 3.82. The van der Waals surface area contributed by atoms with Gasteiger partial charge < -0.3 is 15.3 Å². The molecule has 0 spiro atoms. The third kappa shape index (κ3) is 4.64. The molecular weight excluding hydrogens is 216 g/mol. The lowest BCUT2D eigenvalue weighted by molar-refractivity contribution is -0.141. The number of carboxylic acid groups (broad SMARTS) is 1. The number of aliphatic carboxylic acids is 1. The topological polar surface area (TPSA) is 52.6 Å². The van der Waals surface area contributed by atoms with E-state index >= 15 is 0 Å². The van der Waals surface area contributed by atoms with Crippen LogP contribution >= 0.6 is 0 Å². The molecule has 1 aliphatic rings. The molecule has 0 aromatic rings. The molecule has 0 aromatic heterocycles. The van der Waals surface area contributed by atoms with Crippen molar-refractivity contribution in [3.8, 4) is 0 Å². The highest BCUT2D eigenvalue weighted by molar-refractivity contribution is 5.73. The Morgan fingerprint density at radius 1 is 1.35 bits per heavy atom. The molecule has 17 heavy (non-hydrogen) atoms. The van der Waals surface area contributed by atoms with Crippen molar-refractivity contribution in [2.75, 3.05) is 26.2 Å². The van der Waals surface area contributed by atoms with Crippen molar-refractivity contribution >= 4 is 5.97 Å². The van der Waals surface area contributed by atoms with E-state index in [4.69, 9.17) is 0 Å². The standard InChI is InChI=1S/C13H26N2O2/c1-3-15(4-2)10-9-14-12(13(16)17)11-7-5-6-8-11/h11-12,14H,3-10H2,1-2H3,(H,16,17). The molecular formula is C13H26N2O2. The first-order valence-corrected chi connectivity index (χ1v) is 6.87. The van der Waals surface area contributed by atoms with E-state index in [1.807, 2.05) is 0 Å². The Kier molecular flexibility index (Phi) is 6.52. The summed E-state index contributed by atoms with van der Waals surface area (Å²) in [6.07, 6.45) is 4.50. The number of likely N-dealkylation sites (N-methyl/N-ethyl adjacent to an activating group) is 1. The van der Waals surface area contributed by atoms with Crippen LogP contribution in [0.25, 0.3) is 0 Å². The van der Waals surface area contributed by atoms with E-state index in [0.29, 0.717) is 5.92 Å². The minimum absolute atomic E-state index is 0.337. The second-order valence-corrected chi connectivity index (χ2v) is 4.84. The van der Waals surface area contributed by atoms with Crippen molar-refractivity contribution in [2.24, 2.45) is 5.92 Å². The van der Waals surface area contributed by atoms with E-state index in [1.54, 1.807) is 0 Å². The number of hydrogen-bond acceptors (Lipinski definition) is 3. The molecule has 0 bridgehead atoms. The van der Waals surface area contributed by atoms with E-state index in [-0.39, 0.29) is 6.04 Å². The maximum atomic E-state index is 11.2. The summed E-state index contributed by atoms with van der Waals surface area (Å²) in [5, 5.41) is 12.5. The van der Waals surface area contributed by atoms with Crippen LogP contribution in [0.5, 0.6) is 0 Å². The van der Waals surface area contributed by atoms with Gasteiger partial charge in [-0.25, -0.2) is 0 Å². The Labute approximate surface area is 104 Å². The molecule has 0 heterocycles. The molecule has 1 fully saturated rings. The Morgan fingerprint density at radius 2 is 1.94 bits per heavy atom. The number of nitrogens with zero attached hydrogens (tertiary/aromatic N) is 1. The average molecular weight is 242 g/mol.